The molecule has 1 aliphatic carbocycles. The van der Waals surface area contributed by atoms with Gasteiger partial charge in [0.05, 0.1) is 0 Å². The number of benzene rings is 6. The minimum Gasteiger partial charge on any atom is -0.408 e. The summed E-state index contributed by atoms with van der Waals surface area (Å²) in [5, 5.41) is 6.78. The van der Waals surface area contributed by atoms with Crippen LogP contribution in [-0.2, 0) is 20.1 Å². The predicted octanol–water partition coefficient (Wildman–Crippen LogP) is 13.9. The van der Waals surface area contributed by atoms with Gasteiger partial charge in [0.2, 0.25) is 0 Å². The molecule has 1 aliphatic rings. The van der Waals surface area contributed by atoms with Crippen LogP contribution in [0.4, 0.5) is 0 Å². The molecular weight excluding hydrogens is 822 g/mol. The summed E-state index contributed by atoms with van der Waals surface area (Å²) < 4.78 is 16.2. The van der Waals surface area contributed by atoms with Crippen LogP contribution < -0.4 is 4.67 Å². The number of rotatable bonds is 5. The van der Waals surface area contributed by atoms with Crippen molar-refractivity contribution in [3.8, 4) is 0 Å². The van der Waals surface area contributed by atoms with Gasteiger partial charge in [0.15, 0.2) is 0 Å². The Morgan fingerprint density at radius 2 is 0.941 bits per heavy atom. The molecule has 5 heteroatoms. The van der Waals surface area contributed by atoms with Crippen LogP contribution in [0.3, 0.4) is 0 Å². The molecule has 0 spiro atoms. The third kappa shape index (κ3) is 9.05. The van der Waals surface area contributed by atoms with Gasteiger partial charge in [-0.15, -0.1) is 0 Å². The smallest absolute Gasteiger partial charge is 0.308 e. The standard InChI is InChI=1S/C36H29NO2P.C8H12.C2H4.Ir/c1-25(27-13-5-3-6-14-27)37(26(2)28-15-7-4-8-16-28)40-38-33-23-21-29-17-9-11-19-31(29)35(33)36-32-20-12-10-18-30(32)22-24-34(36)39-40;1-2-4-6-8-7-5-3-1;1-2;/h3-26H,1H2,2H3;1-2,7-8H,3-6H2;1-2H2;/q-1;;;/t25-,26-;;;/m1.../s1. The van der Waals surface area contributed by atoms with Gasteiger partial charge in [-0.25, -0.2) is 4.67 Å². The van der Waals surface area contributed by atoms with Crippen LogP contribution in [0, 0.1) is 46.5 Å². The number of hydrogen-bond donors (Lipinski definition) is 0. The summed E-state index contributed by atoms with van der Waals surface area (Å²) in [6.07, 6.45) is 14.0. The van der Waals surface area contributed by atoms with Crippen molar-refractivity contribution in [2.24, 2.45) is 0 Å². The summed E-state index contributed by atoms with van der Waals surface area (Å²) in [7, 11) is -1.60. The first-order valence-corrected chi connectivity index (χ1v) is 18.5. The Morgan fingerprint density at radius 1 is 0.549 bits per heavy atom. The maximum absolute atomic E-state index is 6.97. The van der Waals surface area contributed by atoms with E-state index in [1.54, 1.807) is 0 Å². The van der Waals surface area contributed by atoms with Crippen LogP contribution >= 0.6 is 8.16 Å². The van der Waals surface area contributed by atoms with E-state index < -0.39 is 8.16 Å². The van der Waals surface area contributed by atoms with Gasteiger partial charge in [-0.2, -0.15) is 0 Å². The van der Waals surface area contributed by atoms with E-state index in [1.165, 1.54) is 42.0 Å². The summed E-state index contributed by atoms with van der Waals surface area (Å²) >= 11 is 0. The molecule has 1 saturated carbocycles. The molecule has 51 heavy (non-hydrogen) atoms. The largest absolute Gasteiger partial charge is 0.408 e. The van der Waals surface area contributed by atoms with Crippen LogP contribution in [0.15, 0.2) is 142 Å². The van der Waals surface area contributed by atoms with E-state index in [9.17, 15) is 0 Å². The van der Waals surface area contributed by atoms with Crippen molar-refractivity contribution >= 4 is 51.6 Å². The van der Waals surface area contributed by atoms with E-state index in [2.05, 4.69) is 179 Å². The second-order valence-corrected chi connectivity index (χ2v) is 13.5. The first-order valence-electron chi connectivity index (χ1n) is 17.4. The maximum atomic E-state index is 6.97. The molecule has 3 nitrogen and oxygen atoms in total. The quantitative estimate of drug-likeness (QED) is 0.161. The molecule has 1 aromatic heterocycles. The van der Waals surface area contributed by atoms with Gasteiger partial charge >= 0.3 is 8.16 Å². The normalized spacial score (nSPS) is 14.3. The maximum Gasteiger partial charge on any atom is 0.308 e. The van der Waals surface area contributed by atoms with Crippen molar-refractivity contribution in [2.45, 2.75) is 44.7 Å². The molecule has 0 unspecified atom stereocenters. The zero-order valence-electron chi connectivity index (χ0n) is 29.2. The summed E-state index contributed by atoms with van der Waals surface area (Å²) in [4.78, 5) is 0. The van der Waals surface area contributed by atoms with E-state index >= 15 is 0 Å². The SMILES string of the molecule is [CH2-][C@H](c1ccccc1)N([C@H](C)c1ccccc1)p1oc2ccc3ccccc3c2c2c(ccc3ccccc32)o1.[CH2][CH2].[CH]1[CH]CC[CH][CH]CC1.[Ir]. The molecule has 261 valence electrons. The molecule has 0 N–H and O–H groups in total. The summed E-state index contributed by atoms with van der Waals surface area (Å²) in [5.41, 5.74) is 3.95. The van der Waals surface area contributed by atoms with Gasteiger partial charge in [0.25, 0.3) is 0 Å². The number of nitrogens with zero attached hydrogens (tertiary/aromatic N) is 1. The zero-order valence-corrected chi connectivity index (χ0v) is 32.4. The van der Waals surface area contributed by atoms with Gasteiger partial charge < -0.3 is 15.3 Å². The van der Waals surface area contributed by atoms with Crippen molar-refractivity contribution in [3.05, 3.63) is 191 Å². The van der Waals surface area contributed by atoms with Crippen molar-refractivity contribution in [1.29, 1.82) is 0 Å². The average molecular weight is 867 g/mol. The molecule has 0 aliphatic heterocycles. The third-order valence-corrected chi connectivity index (χ3v) is 10.8. The minimum atomic E-state index is -1.60. The summed E-state index contributed by atoms with van der Waals surface area (Å²) in [6, 6.07) is 46.2. The molecular formula is C46H45IrNO2P-. The summed E-state index contributed by atoms with van der Waals surface area (Å²) in [5.74, 6) is 0. The molecule has 1 fully saturated rings. The second-order valence-electron chi connectivity index (χ2n) is 12.2. The molecule has 0 amide bonds. The van der Waals surface area contributed by atoms with Gasteiger partial charge in [-0.3, -0.25) is 0 Å². The summed E-state index contributed by atoms with van der Waals surface area (Å²) in [6.45, 7) is 12.9. The Kier molecular flexibility index (Phi) is 14.6. The van der Waals surface area contributed by atoms with Crippen LogP contribution in [0.1, 0.15) is 55.8 Å². The molecule has 1 heterocycles. The van der Waals surface area contributed by atoms with Crippen molar-refractivity contribution in [3.63, 3.8) is 0 Å². The minimum absolute atomic E-state index is 0. The van der Waals surface area contributed by atoms with Gasteiger partial charge in [-0.05, 0) is 97.5 Å². The molecule has 2 atom stereocenters. The first kappa shape index (κ1) is 38.6. The van der Waals surface area contributed by atoms with Crippen molar-refractivity contribution < 1.29 is 28.5 Å². The Balaban J connectivity index is 0.000000402. The zero-order chi connectivity index (χ0) is 34.7. The van der Waals surface area contributed by atoms with Crippen LogP contribution in [0.2, 0.25) is 0 Å². The molecule has 0 bridgehead atoms. The molecule has 0 saturated heterocycles. The van der Waals surface area contributed by atoms with Crippen molar-refractivity contribution in [2.75, 3.05) is 4.67 Å². The average Bonchev–Trinajstić information content (AvgIpc) is 3.33. The van der Waals surface area contributed by atoms with Crippen LogP contribution in [-0.4, -0.2) is 0 Å². The van der Waals surface area contributed by atoms with Gasteiger partial charge in [0.1, 0.15) is 11.2 Å². The van der Waals surface area contributed by atoms with E-state index in [0.717, 1.165) is 38.3 Å². The molecule has 7 aromatic rings. The van der Waals surface area contributed by atoms with E-state index in [1.807, 2.05) is 12.1 Å². The molecule has 6 aromatic carbocycles. The Labute approximate surface area is 319 Å². The fraction of sp³-hybridized carbons (Fsp3) is 0.152. The topological polar surface area (TPSA) is 29.5 Å². The van der Waals surface area contributed by atoms with Gasteiger partial charge in [-0.1, -0.05) is 147 Å². The number of hydrogen-bond acceptors (Lipinski definition) is 3. The number of fused-ring (bicyclic) bond motifs is 7. The van der Waals surface area contributed by atoms with Crippen LogP contribution in [0.25, 0.3) is 43.5 Å². The van der Waals surface area contributed by atoms with E-state index in [4.69, 9.17) is 8.39 Å². The molecule has 7 radical (unpaired) electrons. The van der Waals surface area contributed by atoms with Crippen molar-refractivity contribution in [1.82, 2.24) is 0 Å². The fourth-order valence-electron chi connectivity index (χ4n) is 6.55. The Bertz CT molecular complexity index is 1980. The van der Waals surface area contributed by atoms with Crippen LogP contribution in [0.5, 0.6) is 0 Å². The Hall–Kier alpha value is -3.65. The second kappa shape index (κ2) is 19.3. The predicted molar refractivity (Wildman–Crippen MR) is 215 cm³/mol. The van der Waals surface area contributed by atoms with E-state index in [-0.39, 0.29) is 32.2 Å². The first-order chi connectivity index (χ1) is 24.7. The monoisotopic (exact) mass is 867 g/mol. The van der Waals surface area contributed by atoms with Gasteiger partial charge in [0, 0.05) is 36.9 Å². The Morgan fingerprint density at radius 3 is 1.39 bits per heavy atom. The van der Waals surface area contributed by atoms with E-state index in [0.29, 0.717) is 0 Å². The molecule has 8 rings (SSSR count). The third-order valence-electron chi connectivity index (χ3n) is 9.09. The fourth-order valence-corrected chi connectivity index (χ4v) is 8.19.